The highest BCUT2D eigenvalue weighted by atomic mass is 79.9. The SMILES string of the molecule is Clc1cccc(COCCNCc2cc(Br)cs2)c1. The molecule has 0 fully saturated rings. The van der Waals surface area contributed by atoms with Crippen molar-refractivity contribution < 1.29 is 4.74 Å². The third-order valence-corrected chi connectivity index (χ3v) is 4.43. The molecule has 0 aliphatic heterocycles. The van der Waals surface area contributed by atoms with Crippen LogP contribution in [0.2, 0.25) is 5.02 Å². The van der Waals surface area contributed by atoms with Crippen molar-refractivity contribution in [2.24, 2.45) is 0 Å². The summed E-state index contributed by atoms with van der Waals surface area (Å²) in [5.41, 5.74) is 1.11. The Hall–Kier alpha value is -0.390. The number of hydrogen-bond acceptors (Lipinski definition) is 3. The number of rotatable bonds is 7. The molecule has 1 aromatic carbocycles. The van der Waals surface area contributed by atoms with Gasteiger partial charge in [-0.3, -0.25) is 0 Å². The Morgan fingerprint density at radius 1 is 1.32 bits per heavy atom. The Kier molecular flexibility index (Phi) is 6.34. The molecule has 5 heteroatoms. The molecule has 0 spiro atoms. The molecule has 1 N–H and O–H groups in total. The molecule has 0 amide bonds. The predicted molar refractivity (Wildman–Crippen MR) is 84.8 cm³/mol. The second-order valence-electron chi connectivity index (χ2n) is 4.09. The fourth-order valence-corrected chi connectivity index (χ4v) is 3.25. The van der Waals surface area contributed by atoms with Crippen LogP contribution in [-0.4, -0.2) is 13.2 Å². The van der Waals surface area contributed by atoms with E-state index in [1.807, 2.05) is 24.3 Å². The van der Waals surface area contributed by atoms with Gasteiger partial charge in [0.05, 0.1) is 13.2 Å². The van der Waals surface area contributed by atoms with Gasteiger partial charge in [0, 0.05) is 32.8 Å². The van der Waals surface area contributed by atoms with Gasteiger partial charge in [-0.05, 0) is 39.7 Å². The van der Waals surface area contributed by atoms with E-state index in [1.165, 1.54) is 4.88 Å². The summed E-state index contributed by atoms with van der Waals surface area (Å²) in [4.78, 5) is 1.32. The first kappa shape index (κ1) is 15.0. The quantitative estimate of drug-likeness (QED) is 0.736. The summed E-state index contributed by atoms with van der Waals surface area (Å²) in [6.07, 6.45) is 0. The van der Waals surface area contributed by atoms with Gasteiger partial charge < -0.3 is 10.1 Å². The van der Waals surface area contributed by atoms with Gasteiger partial charge in [-0.2, -0.15) is 0 Å². The zero-order valence-corrected chi connectivity index (χ0v) is 13.5. The molecule has 102 valence electrons. The lowest BCUT2D eigenvalue weighted by Crippen LogP contribution is -2.18. The van der Waals surface area contributed by atoms with Crippen LogP contribution in [0.4, 0.5) is 0 Å². The maximum Gasteiger partial charge on any atom is 0.0718 e. The molecule has 19 heavy (non-hydrogen) atoms. The minimum absolute atomic E-state index is 0.604. The Morgan fingerprint density at radius 2 is 2.21 bits per heavy atom. The van der Waals surface area contributed by atoms with E-state index in [0.717, 1.165) is 28.1 Å². The number of hydrogen-bond donors (Lipinski definition) is 1. The van der Waals surface area contributed by atoms with Crippen LogP contribution in [0, 0.1) is 0 Å². The molecule has 0 unspecified atom stereocenters. The number of halogens is 2. The second kappa shape index (κ2) is 8.02. The summed E-state index contributed by atoms with van der Waals surface area (Å²) in [7, 11) is 0. The fourth-order valence-electron chi connectivity index (χ4n) is 1.62. The van der Waals surface area contributed by atoms with Crippen molar-refractivity contribution in [3.63, 3.8) is 0 Å². The van der Waals surface area contributed by atoms with Gasteiger partial charge in [-0.1, -0.05) is 23.7 Å². The molecule has 2 nitrogen and oxygen atoms in total. The molecule has 0 bridgehead atoms. The largest absolute Gasteiger partial charge is 0.375 e. The average molecular weight is 361 g/mol. The van der Waals surface area contributed by atoms with Crippen LogP contribution in [0.25, 0.3) is 0 Å². The Labute approximate surface area is 130 Å². The predicted octanol–water partition coefficient (Wildman–Crippen LogP) is 4.47. The smallest absolute Gasteiger partial charge is 0.0718 e. The van der Waals surface area contributed by atoms with Crippen molar-refractivity contribution in [2.45, 2.75) is 13.2 Å². The summed E-state index contributed by atoms with van der Waals surface area (Å²) >= 11 is 11.1. The molecule has 1 aromatic heterocycles. The summed E-state index contributed by atoms with van der Waals surface area (Å²) in [5, 5.41) is 6.19. The van der Waals surface area contributed by atoms with Crippen molar-refractivity contribution in [1.29, 1.82) is 0 Å². The first-order valence-electron chi connectivity index (χ1n) is 6.00. The minimum Gasteiger partial charge on any atom is -0.375 e. The fraction of sp³-hybridized carbons (Fsp3) is 0.286. The molecule has 0 aliphatic rings. The second-order valence-corrected chi connectivity index (χ2v) is 6.44. The Bertz CT molecular complexity index is 518. The number of thiophene rings is 1. The van der Waals surface area contributed by atoms with E-state index >= 15 is 0 Å². The molecule has 2 rings (SSSR count). The molecule has 0 saturated heterocycles. The van der Waals surface area contributed by atoms with Gasteiger partial charge in [0.25, 0.3) is 0 Å². The third-order valence-electron chi connectivity index (χ3n) is 2.50. The van der Waals surface area contributed by atoms with Crippen molar-refractivity contribution in [2.75, 3.05) is 13.2 Å². The number of benzene rings is 1. The van der Waals surface area contributed by atoms with Crippen LogP contribution in [0.1, 0.15) is 10.4 Å². The number of nitrogens with one attached hydrogen (secondary N) is 1. The van der Waals surface area contributed by atoms with Crippen molar-refractivity contribution in [3.05, 3.63) is 55.6 Å². The minimum atomic E-state index is 0.604. The highest BCUT2D eigenvalue weighted by molar-refractivity contribution is 9.10. The summed E-state index contributed by atoms with van der Waals surface area (Å²) in [6.45, 7) is 3.03. The summed E-state index contributed by atoms with van der Waals surface area (Å²) in [5.74, 6) is 0. The standard InChI is InChI=1S/C14H15BrClNOS/c15-12-7-14(19-10-12)8-17-4-5-18-9-11-2-1-3-13(16)6-11/h1-3,6-7,10,17H,4-5,8-9H2. The Morgan fingerprint density at radius 3 is 2.95 bits per heavy atom. The van der Waals surface area contributed by atoms with Gasteiger partial charge in [0.1, 0.15) is 0 Å². The van der Waals surface area contributed by atoms with E-state index < -0.39 is 0 Å². The molecular formula is C14H15BrClNOS. The molecule has 1 heterocycles. The molecule has 2 aromatic rings. The van der Waals surface area contributed by atoms with Crippen LogP contribution < -0.4 is 5.32 Å². The van der Waals surface area contributed by atoms with Gasteiger partial charge in [-0.25, -0.2) is 0 Å². The van der Waals surface area contributed by atoms with Gasteiger partial charge >= 0.3 is 0 Å². The molecule has 0 aliphatic carbocycles. The number of ether oxygens (including phenoxy) is 1. The highest BCUT2D eigenvalue weighted by Crippen LogP contribution is 2.19. The Balaban J connectivity index is 1.57. The van der Waals surface area contributed by atoms with Crippen molar-refractivity contribution in [1.82, 2.24) is 5.32 Å². The van der Waals surface area contributed by atoms with Gasteiger partial charge in [-0.15, -0.1) is 11.3 Å². The van der Waals surface area contributed by atoms with Crippen LogP contribution in [-0.2, 0) is 17.9 Å². The van der Waals surface area contributed by atoms with Crippen LogP contribution in [0.5, 0.6) is 0 Å². The highest BCUT2D eigenvalue weighted by Gasteiger charge is 1.97. The normalized spacial score (nSPS) is 10.8. The van der Waals surface area contributed by atoms with E-state index in [9.17, 15) is 0 Å². The first-order valence-corrected chi connectivity index (χ1v) is 8.05. The lowest BCUT2D eigenvalue weighted by Gasteiger charge is -2.06. The lowest BCUT2D eigenvalue weighted by molar-refractivity contribution is 0.122. The maximum absolute atomic E-state index is 5.91. The zero-order valence-electron chi connectivity index (χ0n) is 10.4. The summed E-state index contributed by atoms with van der Waals surface area (Å²) < 4.78 is 6.74. The maximum atomic E-state index is 5.91. The van der Waals surface area contributed by atoms with Gasteiger partial charge in [0.15, 0.2) is 0 Å². The van der Waals surface area contributed by atoms with E-state index in [0.29, 0.717) is 13.2 Å². The third kappa shape index (κ3) is 5.63. The van der Waals surface area contributed by atoms with E-state index in [1.54, 1.807) is 11.3 Å². The summed E-state index contributed by atoms with van der Waals surface area (Å²) in [6, 6.07) is 9.88. The van der Waals surface area contributed by atoms with Crippen LogP contribution in [0.3, 0.4) is 0 Å². The molecule has 0 radical (unpaired) electrons. The van der Waals surface area contributed by atoms with Crippen molar-refractivity contribution in [3.8, 4) is 0 Å². The lowest BCUT2D eigenvalue weighted by atomic mass is 10.2. The average Bonchev–Trinajstić information content (AvgIpc) is 2.79. The first-order chi connectivity index (χ1) is 9.24. The van der Waals surface area contributed by atoms with Gasteiger partial charge in [0.2, 0.25) is 0 Å². The topological polar surface area (TPSA) is 21.3 Å². The van der Waals surface area contributed by atoms with E-state index in [-0.39, 0.29) is 0 Å². The molecule has 0 saturated carbocycles. The van der Waals surface area contributed by atoms with Crippen LogP contribution >= 0.6 is 38.9 Å². The van der Waals surface area contributed by atoms with Crippen molar-refractivity contribution >= 4 is 38.9 Å². The zero-order chi connectivity index (χ0) is 13.5. The monoisotopic (exact) mass is 359 g/mol. The van der Waals surface area contributed by atoms with Crippen LogP contribution in [0.15, 0.2) is 40.2 Å². The molecular weight excluding hydrogens is 346 g/mol. The van der Waals surface area contributed by atoms with E-state index in [2.05, 4.69) is 32.7 Å². The van der Waals surface area contributed by atoms with E-state index in [4.69, 9.17) is 16.3 Å². The molecule has 0 atom stereocenters.